The van der Waals surface area contributed by atoms with E-state index in [0.29, 0.717) is 12.3 Å². The number of nitrogens with two attached hydrogens (primary N) is 1. The Morgan fingerprint density at radius 2 is 2.00 bits per heavy atom. The zero-order valence-corrected chi connectivity index (χ0v) is 9.67. The highest BCUT2D eigenvalue weighted by Gasteiger charge is 2.10. The van der Waals surface area contributed by atoms with E-state index in [2.05, 4.69) is 10.5 Å². The molecule has 0 atom stereocenters. The molecule has 0 unspecified atom stereocenters. The minimum Gasteiger partial charge on any atom is -0.397 e. The van der Waals surface area contributed by atoms with Gasteiger partial charge in [-0.05, 0) is 17.7 Å². The summed E-state index contributed by atoms with van der Waals surface area (Å²) in [5.74, 6) is -0.455. The Labute approximate surface area is 105 Å². The van der Waals surface area contributed by atoms with Crippen molar-refractivity contribution in [2.75, 3.05) is 5.73 Å². The molecule has 1 amide bonds. The number of anilines is 1. The van der Waals surface area contributed by atoms with Crippen LogP contribution < -0.4 is 11.2 Å². The fraction of sp³-hybridized carbons (Fsp3) is 0.0769. The third-order valence-corrected chi connectivity index (χ3v) is 2.30. The van der Waals surface area contributed by atoms with Gasteiger partial charge in [0.05, 0.1) is 12.3 Å². The topological polar surface area (TPSA) is 77.2 Å². The van der Waals surface area contributed by atoms with E-state index in [4.69, 9.17) is 10.6 Å². The van der Waals surface area contributed by atoms with Crippen LogP contribution in [0.3, 0.4) is 0 Å². The average Bonchev–Trinajstić information content (AvgIpc) is 2.40. The van der Waals surface area contributed by atoms with Crippen molar-refractivity contribution in [2.45, 2.75) is 6.61 Å². The number of pyridine rings is 1. The number of aromatic nitrogens is 1. The third-order valence-electron chi connectivity index (χ3n) is 2.30. The van der Waals surface area contributed by atoms with Crippen LogP contribution in [0.5, 0.6) is 0 Å². The maximum atomic E-state index is 11.7. The number of nitrogens with one attached hydrogen (secondary N) is 1. The number of hydroxylamine groups is 1. The second kappa shape index (κ2) is 5.79. The van der Waals surface area contributed by atoms with Crippen LogP contribution in [-0.2, 0) is 11.4 Å². The van der Waals surface area contributed by atoms with E-state index in [1.807, 2.05) is 30.3 Å². The molecule has 5 heteroatoms. The molecule has 1 aromatic carbocycles. The van der Waals surface area contributed by atoms with Crippen LogP contribution in [0, 0.1) is 0 Å². The highest BCUT2D eigenvalue weighted by Crippen LogP contribution is 2.06. The lowest BCUT2D eigenvalue weighted by Crippen LogP contribution is -2.25. The molecular weight excluding hydrogens is 230 g/mol. The highest BCUT2D eigenvalue weighted by atomic mass is 16.6. The molecule has 92 valence electrons. The van der Waals surface area contributed by atoms with Crippen molar-refractivity contribution in [3.8, 4) is 0 Å². The van der Waals surface area contributed by atoms with Crippen molar-refractivity contribution in [3.05, 3.63) is 59.9 Å². The maximum Gasteiger partial charge on any atom is 0.295 e. The van der Waals surface area contributed by atoms with Crippen molar-refractivity contribution < 1.29 is 9.63 Å². The van der Waals surface area contributed by atoms with E-state index in [0.717, 1.165) is 5.56 Å². The Morgan fingerprint density at radius 3 is 2.72 bits per heavy atom. The van der Waals surface area contributed by atoms with E-state index in [-0.39, 0.29) is 5.69 Å². The zero-order valence-electron chi connectivity index (χ0n) is 9.67. The molecule has 1 heterocycles. The smallest absolute Gasteiger partial charge is 0.295 e. The standard InChI is InChI=1S/C13H13N3O2/c14-11-7-4-8-15-12(11)13(17)16-18-9-10-5-2-1-3-6-10/h1-8H,9,14H2,(H,16,17). The summed E-state index contributed by atoms with van der Waals surface area (Å²) in [6, 6.07) is 12.8. The van der Waals surface area contributed by atoms with E-state index >= 15 is 0 Å². The summed E-state index contributed by atoms with van der Waals surface area (Å²) in [4.78, 5) is 20.7. The lowest BCUT2D eigenvalue weighted by atomic mass is 10.2. The number of hydrogen-bond acceptors (Lipinski definition) is 4. The molecular formula is C13H13N3O2. The van der Waals surface area contributed by atoms with Crippen LogP contribution in [0.2, 0.25) is 0 Å². The summed E-state index contributed by atoms with van der Waals surface area (Å²) in [6.07, 6.45) is 1.50. The van der Waals surface area contributed by atoms with Gasteiger partial charge in [-0.3, -0.25) is 9.63 Å². The SMILES string of the molecule is Nc1cccnc1C(=O)NOCc1ccccc1. The number of nitrogen functional groups attached to an aromatic ring is 1. The molecule has 0 radical (unpaired) electrons. The van der Waals surface area contributed by atoms with E-state index in [1.54, 1.807) is 12.1 Å². The van der Waals surface area contributed by atoms with Gasteiger partial charge < -0.3 is 5.73 Å². The van der Waals surface area contributed by atoms with Crippen molar-refractivity contribution in [2.24, 2.45) is 0 Å². The molecule has 0 saturated heterocycles. The summed E-state index contributed by atoms with van der Waals surface area (Å²) in [5.41, 5.74) is 9.37. The van der Waals surface area contributed by atoms with E-state index < -0.39 is 5.91 Å². The predicted molar refractivity (Wildman–Crippen MR) is 67.3 cm³/mol. The number of benzene rings is 1. The lowest BCUT2D eigenvalue weighted by Gasteiger charge is -2.06. The average molecular weight is 243 g/mol. The molecule has 0 aliphatic carbocycles. The molecule has 2 aromatic rings. The molecule has 0 saturated carbocycles. The summed E-state index contributed by atoms with van der Waals surface area (Å²) in [7, 11) is 0. The fourth-order valence-corrected chi connectivity index (χ4v) is 1.41. The monoisotopic (exact) mass is 243 g/mol. The van der Waals surface area contributed by atoms with Crippen LogP contribution in [-0.4, -0.2) is 10.9 Å². The fourth-order valence-electron chi connectivity index (χ4n) is 1.41. The van der Waals surface area contributed by atoms with Crippen molar-refractivity contribution in [1.29, 1.82) is 0 Å². The summed E-state index contributed by atoms with van der Waals surface area (Å²) in [6.45, 7) is 0.291. The van der Waals surface area contributed by atoms with Gasteiger partial charge in [-0.25, -0.2) is 10.5 Å². The highest BCUT2D eigenvalue weighted by molar-refractivity contribution is 5.96. The van der Waals surface area contributed by atoms with Gasteiger partial charge in [0.25, 0.3) is 5.91 Å². The zero-order chi connectivity index (χ0) is 12.8. The molecule has 1 aromatic heterocycles. The molecule has 0 aliphatic rings. The molecule has 0 fully saturated rings. The Hall–Kier alpha value is -2.40. The van der Waals surface area contributed by atoms with Crippen LogP contribution in [0.25, 0.3) is 0 Å². The molecule has 5 nitrogen and oxygen atoms in total. The normalized spacial score (nSPS) is 10.0. The molecule has 2 rings (SSSR count). The summed E-state index contributed by atoms with van der Waals surface area (Å²) < 4.78 is 0. The number of nitrogens with zero attached hydrogens (tertiary/aromatic N) is 1. The Balaban J connectivity index is 1.88. The van der Waals surface area contributed by atoms with Crippen LogP contribution >= 0.6 is 0 Å². The first-order chi connectivity index (χ1) is 8.77. The van der Waals surface area contributed by atoms with Gasteiger partial charge in [0.1, 0.15) is 0 Å². The quantitative estimate of drug-likeness (QED) is 0.798. The van der Waals surface area contributed by atoms with Crippen molar-refractivity contribution in [3.63, 3.8) is 0 Å². The maximum absolute atomic E-state index is 11.7. The van der Waals surface area contributed by atoms with E-state index in [1.165, 1.54) is 6.20 Å². The van der Waals surface area contributed by atoms with Gasteiger partial charge in [0.15, 0.2) is 5.69 Å². The minimum absolute atomic E-state index is 0.158. The molecule has 3 N–H and O–H groups in total. The first kappa shape index (κ1) is 12.1. The van der Waals surface area contributed by atoms with E-state index in [9.17, 15) is 4.79 Å². The first-order valence-corrected chi connectivity index (χ1v) is 5.44. The Bertz CT molecular complexity index is 529. The van der Waals surface area contributed by atoms with Gasteiger partial charge in [-0.2, -0.15) is 0 Å². The minimum atomic E-state index is -0.455. The molecule has 0 aliphatic heterocycles. The number of hydrogen-bond donors (Lipinski definition) is 2. The number of carbonyl (C=O) groups excluding carboxylic acids is 1. The summed E-state index contributed by atoms with van der Waals surface area (Å²) in [5, 5.41) is 0. The van der Waals surface area contributed by atoms with Gasteiger partial charge in [0, 0.05) is 6.20 Å². The van der Waals surface area contributed by atoms with Crippen LogP contribution in [0.1, 0.15) is 16.1 Å². The summed E-state index contributed by atoms with van der Waals surface area (Å²) >= 11 is 0. The second-order valence-corrected chi connectivity index (χ2v) is 3.65. The van der Waals surface area contributed by atoms with Crippen LogP contribution in [0.4, 0.5) is 5.69 Å². The van der Waals surface area contributed by atoms with Gasteiger partial charge in [0.2, 0.25) is 0 Å². The predicted octanol–water partition coefficient (Wildman–Crippen LogP) is 1.53. The van der Waals surface area contributed by atoms with Crippen molar-refractivity contribution in [1.82, 2.24) is 10.5 Å². The number of rotatable bonds is 4. The largest absolute Gasteiger partial charge is 0.397 e. The number of carbonyl (C=O) groups is 1. The van der Waals surface area contributed by atoms with Crippen LogP contribution in [0.15, 0.2) is 48.7 Å². The Kier molecular flexibility index (Phi) is 3.88. The molecule has 18 heavy (non-hydrogen) atoms. The Morgan fingerprint density at radius 1 is 1.22 bits per heavy atom. The van der Waals surface area contributed by atoms with Crippen molar-refractivity contribution >= 4 is 11.6 Å². The van der Waals surface area contributed by atoms with Gasteiger partial charge in [-0.15, -0.1) is 0 Å². The first-order valence-electron chi connectivity index (χ1n) is 5.44. The number of amides is 1. The van der Waals surface area contributed by atoms with Gasteiger partial charge >= 0.3 is 0 Å². The lowest BCUT2D eigenvalue weighted by molar-refractivity contribution is 0.0230. The van der Waals surface area contributed by atoms with Gasteiger partial charge in [-0.1, -0.05) is 30.3 Å². The molecule has 0 spiro atoms. The third kappa shape index (κ3) is 3.05. The molecule has 0 bridgehead atoms. The second-order valence-electron chi connectivity index (χ2n) is 3.65.